The maximum Gasteiger partial charge on any atom is 0.335 e. The highest BCUT2D eigenvalue weighted by Crippen LogP contribution is 2.22. The lowest BCUT2D eigenvalue weighted by molar-refractivity contribution is 0.0696. The fourth-order valence-corrected chi connectivity index (χ4v) is 3.78. The van der Waals surface area contributed by atoms with Gasteiger partial charge in [0.1, 0.15) is 11.3 Å². The minimum atomic E-state index is -3.69. The second-order valence-corrected chi connectivity index (χ2v) is 7.80. The average molecular weight is 359 g/mol. The number of furan rings is 1. The molecule has 25 heavy (non-hydrogen) atoms. The van der Waals surface area contributed by atoms with Crippen molar-refractivity contribution in [1.29, 1.82) is 0 Å². The van der Waals surface area contributed by atoms with E-state index in [1.165, 1.54) is 23.5 Å². The SMILES string of the molecule is CN(Cc1cc2ccccc2o1)S(=O)(=O)Cc1ccccc1C(=O)O. The zero-order valence-electron chi connectivity index (χ0n) is 13.5. The Labute approximate surface area is 145 Å². The van der Waals surface area contributed by atoms with Crippen LogP contribution in [0.15, 0.2) is 59.0 Å². The van der Waals surface area contributed by atoms with Gasteiger partial charge in [-0.2, -0.15) is 4.31 Å². The van der Waals surface area contributed by atoms with E-state index in [0.717, 1.165) is 5.39 Å². The van der Waals surface area contributed by atoms with E-state index in [1.54, 1.807) is 18.2 Å². The van der Waals surface area contributed by atoms with Crippen LogP contribution in [0.1, 0.15) is 21.7 Å². The van der Waals surface area contributed by atoms with E-state index in [9.17, 15) is 18.3 Å². The van der Waals surface area contributed by atoms with Crippen molar-refractivity contribution in [1.82, 2.24) is 4.31 Å². The number of nitrogens with zero attached hydrogens (tertiary/aromatic N) is 1. The van der Waals surface area contributed by atoms with E-state index < -0.39 is 16.0 Å². The second kappa shape index (κ2) is 6.70. The number of carbonyl (C=O) groups is 1. The Bertz CT molecular complexity index is 990. The van der Waals surface area contributed by atoms with Gasteiger partial charge in [0.25, 0.3) is 0 Å². The molecule has 3 aromatic rings. The monoisotopic (exact) mass is 359 g/mol. The van der Waals surface area contributed by atoms with Crippen LogP contribution in [0.3, 0.4) is 0 Å². The third-order valence-electron chi connectivity index (χ3n) is 3.92. The molecule has 0 radical (unpaired) electrons. The highest BCUT2D eigenvalue weighted by atomic mass is 32.2. The van der Waals surface area contributed by atoms with Crippen LogP contribution in [0.4, 0.5) is 0 Å². The van der Waals surface area contributed by atoms with Crippen LogP contribution in [0, 0.1) is 0 Å². The molecule has 1 heterocycles. The number of fused-ring (bicyclic) bond motifs is 1. The van der Waals surface area contributed by atoms with Gasteiger partial charge in [-0.1, -0.05) is 36.4 Å². The first-order valence-electron chi connectivity index (χ1n) is 7.59. The number of hydrogen-bond donors (Lipinski definition) is 1. The number of hydrogen-bond acceptors (Lipinski definition) is 4. The van der Waals surface area contributed by atoms with Crippen molar-refractivity contribution in [3.05, 3.63) is 71.5 Å². The van der Waals surface area contributed by atoms with E-state index in [0.29, 0.717) is 11.3 Å². The number of para-hydroxylation sites is 1. The smallest absolute Gasteiger partial charge is 0.335 e. The summed E-state index contributed by atoms with van der Waals surface area (Å²) in [6, 6.07) is 15.3. The van der Waals surface area contributed by atoms with Gasteiger partial charge >= 0.3 is 5.97 Å². The molecule has 1 N–H and O–H groups in total. The van der Waals surface area contributed by atoms with Crippen molar-refractivity contribution in [2.24, 2.45) is 0 Å². The first kappa shape index (κ1) is 17.2. The second-order valence-electron chi connectivity index (χ2n) is 5.73. The quantitative estimate of drug-likeness (QED) is 0.731. The molecule has 130 valence electrons. The molecule has 7 heteroatoms. The van der Waals surface area contributed by atoms with Gasteiger partial charge in [0.05, 0.1) is 17.9 Å². The van der Waals surface area contributed by atoms with Crippen molar-refractivity contribution in [2.45, 2.75) is 12.3 Å². The molecule has 0 bridgehead atoms. The minimum absolute atomic E-state index is 0.0109. The van der Waals surface area contributed by atoms with Crippen LogP contribution in [-0.4, -0.2) is 30.8 Å². The Morgan fingerprint density at radius 1 is 1.12 bits per heavy atom. The number of carboxylic acid groups (broad SMARTS) is 1. The highest BCUT2D eigenvalue weighted by molar-refractivity contribution is 7.88. The maximum absolute atomic E-state index is 12.6. The summed E-state index contributed by atoms with van der Waals surface area (Å²) in [6.45, 7) is 0.0756. The number of aromatic carboxylic acids is 1. The summed E-state index contributed by atoms with van der Waals surface area (Å²) < 4.78 is 32.0. The van der Waals surface area contributed by atoms with Crippen LogP contribution in [-0.2, 0) is 22.3 Å². The molecule has 0 amide bonds. The molecule has 3 rings (SSSR count). The number of rotatable bonds is 6. The molecule has 0 aliphatic rings. The standard InChI is InChI=1S/C18H17NO5S/c1-19(11-15-10-13-6-3-5-9-17(13)24-15)25(22,23)12-14-7-2-4-8-16(14)18(20)21/h2-10H,11-12H2,1H3,(H,20,21). The fourth-order valence-electron chi connectivity index (χ4n) is 2.59. The molecule has 1 aromatic heterocycles. The molecule has 6 nitrogen and oxygen atoms in total. The van der Waals surface area contributed by atoms with Crippen LogP contribution >= 0.6 is 0 Å². The van der Waals surface area contributed by atoms with Gasteiger partial charge in [0, 0.05) is 12.4 Å². The molecular weight excluding hydrogens is 342 g/mol. The fraction of sp³-hybridized carbons (Fsp3) is 0.167. The molecule has 0 spiro atoms. The molecule has 0 saturated carbocycles. The summed E-state index contributed by atoms with van der Waals surface area (Å²) in [5.74, 6) is -1.00. The van der Waals surface area contributed by atoms with Crippen LogP contribution in [0.25, 0.3) is 11.0 Å². The zero-order chi connectivity index (χ0) is 18.0. The lowest BCUT2D eigenvalue weighted by Gasteiger charge is -2.16. The van der Waals surface area contributed by atoms with Gasteiger partial charge in [-0.05, 0) is 23.8 Å². The van der Waals surface area contributed by atoms with E-state index in [1.807, 2.05) is 24.3 Å². The Morgan fingerprint density at radius 2 is 1.80 bits per heavy atom. The van der Waals surface area contributed by atoms with Crippen molar-refractivity contribution in [3.63, 3.8) is 0 Å². The normalized spacial score (nSPS) is 11.9. The van der Waals surface area contributed by atoms with E-state index >= 15 is 0 Å². The highest BCUT2D eigenvalue weighted by Gasteiger charge is 2.23. The first-order valence-corrected chi connectivity index (χ1v) is 9.20. The Balaban J connectivity index is 1.81. The summed E-state index contributed by atoms with van der Waals surface area (Å²) in [5.41, 5.74) is 0.939. The summed E-state index contributed by atoms with van der Waals surface area (Å²) in [7, 11) is -2.24. The van der Waals surface area contributed by atoms with Crippen LogP contribution < -0.4 is 0 Å². The topological polar surface area (TPSA) is 87.8 Å². The van der Waals surface area contributed by atoms with E-state index in [2.05, 4.69) is 0 Å². The molecule has 0 aliphatic carbocycles. The van der Waals surface area contributed by atoms with E-state index in [-0.39, 0.29) is 23.4 Å². The Morgan fingerprint density at radius 3 is 2.52 bits per heavy atom. The van der Waals surface area contributed by atoms with Gasteiger partial charge in [0.15, 0.2) is 0 Å². The molecule has 0 unspecified atom stereocenters. The minimum Gasteiger partial charge on any atom is -0.478 e. The van der Waals surface area contributed by atoms with Crippen molar-refractivity contribution >= 4 is 27.0 Å². The molecule has 0 atom stereocenters. The summed E-state index contributed by atoms with van der Waals surface area (Å²) >= 11 is 0. The van der Waals surface area contributed by atoms with Crippen molar-refractivity contribution in [2.75, 3.05) is 7.05 Å². The summed E-state index contributed by atoms with van der Waals surface area (Å²) in [6.07, 6.45) is 0. The predicted molar refractivity (Wildman–Crippen MR) is 93.7 cm³/mol. The van der Waals surface area contributed by atoms with Gasteiger partial charge in [-0.25, -0.2) is 13.2 Å². The maximum atomic E-state index is 12.6. The first-order chi connectivity index (χ1) is 11.9. The average Bonchev–Trinajstić information content (AvgIpc) is 2.97. The van der Waals surface area contributed by atoms with Gasteiger partial charge in [0.2, 0.25) is 10.0 Å². The number of carboxylic acids is 1. The van der Waals surface area contributed by atoms with E-state index in [4.69, 9.17) is 4.42 Å². The predicted octanol–water partition coefficient (Wildman–Crippen LogP) is 3.09. The summed E-state index contributed by atoms with van der Waals surface area (Å²) in [5, 5.41) is 10.1. The molecular formula is C18H17NO5S. The van der Waals surface area contributed by atoms with Gasteiger partial charge in [-0.15, -0.1) is 0 Å². The molecule has 2 aromatic carbocycles. The Kier molecular flexibility index (Phi) is 4.61. The van der Waals surface area contributed by atoms with Crippen LogP contribution in [0.2, 0.25) is 0 Å². The lowest BCUT2D eigenvalue weighted by atomic mass is 10.1. The number of benzene rings is 2. The van der Waals surface area contributed by atoms with Crippen LogP contribution in [0.5, 0.6) is 0 Å². The zero-order valence-corrected chi connectivity index (χ0v) is 14.4. The number of sulfonamides is 1. The van der Waals surface area contributed by atoms with Crippen molar-refractivity contribution < 1.29 is 22.7 Å². The van der Waals surface area contributed by atoms with Gasteiger partial charge < -0.3 is 9.52 Å². The summed E-state index contributed by atoms with van der Waals surface area (Å²) in [4.78, 5) is 11.2. The molecule has 0 fully saturated rings. The van der Waals surface area contributed by atoms with Gasteiger partial charge in [-0.3, -0.25) is 0 Å². The largest absolute Gasteiger partial charge is 0.478 e. The third-order valence-corrected chi connectivity index (χ3v) is 5.67. The molecule has 0 saturated heterocycles. The third kappa shape index (κ3) is 3.72. The van der Waals surface area contributed by atoms with Crippen molar-refractivity contribution in [3.8, 4) is 0 Å². The lowest BCUT2D eigenvalue weighted by Crippen LogP contribution is -2.28. The molecule has 0 aliphatic heterocycles. The Hall–Kier alpha value is -2.64.